The third-order valence-corrected chi connectivity index (χ3v) is 5.55. The van der Waals surface area contributed by atoms with Gasteiger partial charge in [0, 0.05) is 13.1 Å². The molecule has 0 amide bonds. The summed E-state index contributed by atoms with van der Waals surface area (Å²) in [7, 11) is -3.20. The molecule has 0 bridgehead atoms. The lowest BCUT2D eigenvalue weighted by Gasteiger charge is -2.22. The first-order chi connectivity index (χ1) is 11.1. The van der Waals surface area contributed by atoms with Crippen LogP contribution in [0.25, 0.3) is 0 Å². The highest BCUT2D eigenvalue weighted by atomic mass is 32.2. The lowest BCUT2D eigenvalue weighted by Crippen LogP contribution is -2.28. The minimum Gasteiger partial charge on any atom is -0.478 e. The Morgan fingerprint density at radius 2 is 1.71 bits per heavy atom. The molecular formula is C16H15F2NO4S. The van der Waals surface area contributed by atoms with Crippen LogP contribution in [0.15, 0.2) is 35.2 Å². The van der Waals surface area contributed by atoms with Crippen LogP contribution in [-0.4, -0.2) is 26.5 Å². The van der Waals surface area contributed by atoms with E-state index in [1.165, 1.54) is 13.0 Å². The second-order valence-corrected chi connectivity index (χ2v) is 7.24. The van der Waals surface area contributed by atoms with Gasteiger partial charge in [-0.2, -0.15) is 0 Å². The number of sulfonamides is 1. The topological polar surface area (TPSA) is 74.7 Å². The van der Waals surface area contributed by atoms with Crippen LogP contribution in [0.3, 0.4) is 0 Å². The first-order valence-corrected chi connectivity index (χ1v) is 8.28. The van der Waals surface area contributed by atoms with Gasteiger partial charge >= 0.3 is 5.97 Å². The molecular weight excluding hydrogens is 340 g/mol. The molecule has 0 aromatic heterocycles. The number of carbonyl (C=O) groups is 1. The molecule has 2 aromatic carbocycles. The summed E-state index contributed by atoms with van der Waals surface area (Å²) in [5.41, 5.74) is 0.0684. The molecule has 0 unspecified atom stereocenters. The number of aromatic carboxylic acids is 1. The lowest BCUT2D eigenvalue weighted by molar-refractivity contribution is 0.0696. The molecule has 2 rings (SSSR count). The Morgan fingerprint density at radius 1 is 1.08 bits per heavy atom. The van der Waals surface area contributed by atoms with Crippen LogP contribution >= 0.6 is 0 Å². The number of carboxylic acids is 1. The molecule has 0 radical (unpaired) electrons. The lowest BCUT2D eigenvalue weighted by atomic mass is 10.1. The smallest absolute Gasteiger partial charge is 0.335 e. The third kappa shape index (κ3) is 3.09. The summed E-state index contributed by atoms with van der Waals surface area (Å²) >= 11 is 0. The predicted octanol–water partition coefficient (Wildman–Crippen LogP) is 3.10. The highest BCUT2D eigenvalue weighted by Gasteiger charge is 2.27. The van der Waals surface area contributed by atoms with E-state index in [9.17, 15) is 22.0 Å². The van der Waals surface area contributed by atoms with Crippen molar-refractivity contribution in [3.63, 3.8) is 0 Å². The summed E-state index contributed by atoms with van der Waals surface area (Å²) in [5.74, 6) is -2.98. The number of benzene rings is 2. The van der Waals surface area contributed by atoms with Gasteiger partial charge in [0.05, 0.1) is 16.1 Å². The zero-order chi connectivity index (χ0) is 18.2. The minimum absolute atomic E-state index is 0.174. The number of hydrogen-bond donors (Lipinski definition) is 1. The zero-order valence-corrected chi connectivity index (χ0v) is 14.0. The molecule has 0 aliphatic heterocycles. The number of carboxylic acid groups (broad SMARTS) is 1. The van der Waals surface area contributed by atoms with E-state index >= 15 is 0 Å². The molecule has 0 heterocycles. The molecule has 0 spiro atoms. The second kappa shape index (κ2) is 6.20. The maximum absolute atomic E-state index is 13.9. The first kappa shape index (κ1) is 17.9. The van der Waals surface area contributed by atoms with Gasteiger partial charge in [-0.25, -0.2) is 22.0 Å². The van der Waals surface area contributed by atoms with Gasteiger partial charge in [-0.1, -0.05) is 6.07 Å². The van der Waals surface area contributed by atoms with E-state index in [0.717, 1.165) is 31.3 Å². The Labute approximate surface area is 138 Å². The van der Waals surface area contributed by atoms with E-state index in [-0.39, 0.29) is 10.5 Å². The number of anilines is 1. The Morgan fingerprint density at radius 3 is 2.29 bits per heavy atom. The minimum atomic E-state index is -4.27. The standard InChI is InChI=1S/C16H15F2NO4S/c1-9-6-10(2)15(8-12(9)16(20)21)24(22,23)19(3)14-7-11(17)4-5-13(14)18/h4-8H,1-3H3,(H,20,21). The summed E-state index contributed by atoms with van der Waals surface area (Å²) < 4.78 is 53.3. The summed E-state index contributed by atoms with van der Waals surface area (Å²) in [5, 5.41) is 9.16. The molecule has 0 atom stereocenters. The zero-order valence-electron chi connectivity index (χ0n) is 13.2. The summed E-state index contributed by atoms with van der Waals surface area (Å²) in [6, 6.07) is 4.90. The Kier molecular flexibility index (Phi) is 4.61. The summed E-state index contributed by atoms with van der Waals surface area (Å²) in [6.07, 6.45) is 0. The number of hydrogen-bond acceptors (Lipinski definition) is 3. The molecule has 1 N–H and O–H groups in total. The van der Waals surface area contributed by atoms with Crippen LogP contribution in [0.2, 0.25) is 0 Å². The Hall–Kier alpha value is -2.48. The molecule has 24 heavy (non-hydrogen) atoms. The molecule has 0 aliphatic rings. The molecule has 0 saturated carbocycles. The van der Waals surface area contributed by atoms with Crippen molar-refractivity contribution in [2.24, 2.45) is 0 Å². The van der Waals surface area contributed by atoms with Gasteiger partial charge in [0.15, 0.2) is 0 Å². The van der Waals surface area contributed by atoms with E-state index in [1.807, 2.05) is 0 Å². The molecule has 128 valence electrons. The highest BCUT2D eigenvalue weighted by Crippen LogP contribution is 2.28. The maximum Gasteiger partial charge on any atom is 0.335 e. The maximum atomic E-state index is 13.9. The van der Waals surface area contributed by atoms with Gasteiger partial charge in [-0.15, -0.1) is 0 Å². The number of rotatable bonds is 4. The van der Waals surface area contributed by atoms with Crippen LogP contribution in [0.5, 0.6) is 0 Å². The van der Waals surface area contributed by atoms with E-state index in [2.05, 4.69) is 0 Å². The molecule has 0 aliphatic carbocycles. The Balaban J connectivity index is 2.64. The fourth-order valence-electron chi connectivity index (χ4n) is 2.34. The molecule has 5 nitrogen and oxygen atoms in total. The SMILES string of the molecule is Cc1cc(C)c(S(=O)(=O)N(C)c2cc(F)ccc2F)cc1C(=O)O. The largest absolute Gasteiger partial charge is 0.478 e. The van der Waals surface area contributed by atoms with E-state index in [4.69, 9.17) is 5.11 Å². The number of nitrogens with zero attached hydrogens (tertiary/aromatic N) is 1. The summed E-state index contributed by atoms with van der Waals surface area (Å²) in [4.78, 5) is 11.0. The first-order valence-electron chi connectivity index (χ1n) is 6.84. The molecule has 2 aromatic rings. The second-order valence-electron chi connectivity index (χ2n) is 5.31. The van der Waals surface area contributed by atoms with Crippen LogP contribution in [0.4, 0.5) is 14.5 Å². The quantitative estimate of drug-likeness (QED) is 0.914. The van der Waals surface area contributed by atoms with Crippen molar-refractivity contribution in [2.75, 3.05) is 11.4 Å². The van der Waals surface area contributed by atoms with Gasteiger partial charge in [0.25, 0.3) is 10.0 Å². The van der Waals surface area contributed by atoms with Gasteiger partial charge in [0.2, 0.25) is 0 Å². The Bertz CT molecular complexity index is 926. The van der Waals surface area contributed by atoms with Crippen molar-refractivity contribution < 1.29 is 27.1 Å². The fourth-order valence-corrected chi connectivity index (χ4v) is 3.77. The molecule has 8 heteroatoms. The molecule has 0 saturated heterocycles. The van der Waals surface area contributed by atoms with Gasteiger partial charge < -0.3 is 5.11 Å². The average molecular weight is 355 g/mol. The van der Waals surface area contributed by atoms with Crippen molar-refractivity contribution in [1.82, 2.24) is 0 Å². The molecule has 0 fully saturated rings. The van der Waals surface area contributed by atoms with Gasteiger partial charge in [0.1, 0.15) is 11.6 Å². The highest BCUT2D eigenvalue weighted by molar-refractivity contribution is 7.92. The van der Waals surface area contributed by atoms with Crippen molar-refractivity contribution >= 4 is 21.7 Å². The van der Waals surface area contributed by atoms with Gasteiger partial charge in [-0.3, -0.25) is 4.31 Å². The van der Waals surface area contributed by atoms with Crippen molar-refractivity contribution in [2.45, 2.75) is 18.7 Å². The van der Waals surface area contributed by atoms with E-state index < -0.39 is 33.3 Å². The average Bonchev–Trinajstić information content (AvgIpc) is 2.48. The van der Waals surface area contributed by atoms with Crippen molar-refractivity contribution in [3.8, 4) is 0 Å². The fraction of sp³-hybridized carbons (Fsp3) is 0.188. The predicted molar refractivity (Wildman–Crippen MR) is 84.8 cm³/mol. The van der Waals surface area contributed by atoms with Crippen LogP contribution in [0, 0.1) is 25.5 Å². The van der Waals surface area contributed by atoms with Crippen LogP contribution in [-0.2, 0) is 10.0 Å². The third-order valence-electron chi connectivity index (χ3n) is 3.64. The number of halogens is 2. The monoisotopic (exact) mass is 355 g/mol. The van der Waals surface area contributed by atoms with Crippen molar-refractivity contribution in [3.05, 3.63) is 58.7 Å². The van der Waals surface area contributed by atoms with Gasteiger partial charge in [-0.05, 0) is 43.2 Å². The normalized spacial score (nSPS) is 11.4. The van der Waals surface area contributed by atoms with E-state index in [0.29, 0.717) is 15.4 Å². The summed E-state index contributed by atoms with van der Waals surface area (Å²) in [6.45, 7) is 3.05. The van der Waals surface area contributed by atoms with Crippen molar-refractivity contribution in [1.29, 1.82) is 0 Å². The van der Waals surface area contributed by atoms with Crippen LogP contribution < -0.4 is 4.31 Å². The van der Waals surface area contributed by atoms with E-state index in [1.54, 1.807) is 6.92 Å². The van der Waals surface area contributed by atoms with Crippen LogP contribution in [0.1, 0.15) is 21.5 Å². The number of aryl methyl sites for hydroxylation is 2.